The van der Waals surface area contributed by atoms with Gasteiger partial charge in [0.25, 0.3) is 11.6 Å². The number of anilines is 2. The van der Waals surface area contributed by atoms with Gasteiger partial charge in [0.2, 0.25) is 6.41 Å². The molecule has 2 heterocycles. The molecular formula is C13H12N4O4. The molecule has 0 radical (unpaired) electrons. The fourth-order valence-corrected chi connectivity index (χ4v) is 2.35. The number of aliphatic imine (C=N–C) groups is 1. The van der Waals surface area contributed by atoms with Gasteiger partial charge >= 0.3 is 6.03 Å². The van der Waals surface area contributed by atoms with Crippen LogP contribution in [-0.2, 0) is 9.59 Å². The number of hydrogen-bond acceptors (Lipinski definition) is 5. The van der Waals surface area contributed by atoms with Gasteiger partial charge in [-0.05, 0) is 37.1 Å². The van der Waals surface area contributed by atoms with Crippen LogP contribution < -0.4 is 15.5 Å². The van der Waals surface area contributed by atoms with E-state index in [0.29, 0.717) is 17.8 Å². The van der Waals surface area contributed by atoms with Crippen LogP contribution in [0.1, 0.15) is 11.1 Å². The van der Waals surface area contributed by atoms with E-state index in [4.69, 9.17) is 0 Å². The predicted octanol–water partition coefficient (Wildman–Crippen LogP) is 0.0286. The van der Waals surface area contributed by atoms with Gasteiger partial charge in [-0.25, -0.2) is 4.79 Å². The highest BCUT2D eigenvalue weighted by Gasteiger charge is 2.52. The average molecular weight is 288 g/mol. The molecule has 1 aromatic carbocycles. The third-order valence-corrected chi connectivity index (χ3v) is 3.60. The largest absolute Gasteiger partial charge is 0.357 e. The van der Waals surface area contributed by atoms with E-state index >= 15 is 0 Å². The molecule has 2 aliphatic heterocycles. The maximum absolute atomic E-state index is 11.9. The van der Waals surface area contributed by atoms with Crippen LogP contribution in [0.4, 0.5) is 16.2 Å². The molecule has 3 N–H and O–H groups in total. The fraction of sp³-hybridized carbons (Fsp3) is 0.231. The average Bonchev–Trinajstić information content (AvgIpc) is 2.41. The van der Waals surface area contributed by atoms with E-state index in [9.17, 15) is 19.5 Å². The molecule has 3 rings (SSSR count). The first-order chi connectivity index (χ1) is 9.86. The molecule has 0 aromatic heterocycles. The van der Waals surface area contributed by atoms with E-state index in [2.05, 4.69) is 10.3 Å². The Balaban J connectivity index is 2.27. The number of rotatable bonds is 1. The lowest BCUT2D eigenvalue weighted by Gasteiger charge is -2.41. The zero-order chi connectivity index (χ0) is 15.4. The highest BCUT2D eigenvalue weighted by atomic mass is 16.3. The molecule has 108 valence electrons. The van der Waals surface area contributed by atoms with Crippen molar-refractivity contribution in [3.8, 4) is 0 Å². The standard InChI is InChI=1S/C13H12N4O4/c1-6-3-8-9(4-7(6)2)17(5-18)10-13(21,16-8)11(19)15-12(20)14-10/h3-5,16,21H,1-2H3,(H,15,19,20). The monoisotopic (exact) mass is 288 g/mol. The number of nitrogens with zero attached hydrogens (tertiary/aromatic N) is 2. The van der Waals surface area contributed by atoms with Gasteiger partial charge in [0.1, 0.15) is 0 Å². The van der Waals surface area contributed by atoms with Crippen molar-refractivity contribution in [1.29, 1.82) is 0 Å². The summed E-state index contributed by atoms with van der Waals surface area (Å²) in [6.07, 6.45) is 0.407. The molecule has 0 aliphatic carbocycles. The molecule has 1 atom stereocenters. The molecule has 8 nitrogen and oxygen atoms in total. The summed E-state index contributed by atoms with van der Waals surface area (Å²) < 4.78 is 0. The molecule has 2 aliphatic rings. The van der Waals surface area contributed by atoms with Gasteiger partial charge < -0.3 is 10.4 Å². The second-order valence-corrected chi connectivity index (χ2v) is 4.96. The first-order valence-electron chi connectivity index (χ1n) is 6.17. The van der Waals surface area contributed by atoms with Crippen LogP contribution in [0.15, 0.2) is 17.1 Å². The number of nitrogens with one attached hydrogen (secondary N) is 2. The summed E-state index contributed by atoms with van der Waals surface area (Å²) >= 11 is 0. The first kappa shape index (κ1) is 13.3. The van der Waals surface area contributed by atoms with Crippen LogP contribution in [-0.4, -0.2) is 35.0 Å². The Labute approximate surface area is 119 Å². The van der Waals surface area contributed by atoms with E-state index in [-0.39, 0.29) is 5.84 Å². The predicted molar refractivity (Wildman–Crippen MR) is 74.0 cm³/mol. The van der Waals surface area contributed by atoms with E-state index in [1.54, 1.807) is 12.1 Å². The lowest BCUT2D eigenvalue weighted by atomic mass is 10.00. The maximum atomic E-state index is 11.9. The topological polar surface area (TPSA) is 111 Å². The summed E-state index contributed by atoms with van der Waals surface area (Å²) in [4.78, 5) is 39.2. The molecular weight excluding hydrogens is 276 g/mol. The number of fused-ring (bicyclic) bond motifs is 2. The number of carbonyl (C=O) groups excluding carboxylic acids is 3. The summed E-state index contributed by atoms with van der Waals surface area (Å²) in [6.45, 7) is 3.72. The zero-order valence-electron chi connectivity index (χ0n) is 11.3. The lowest BCUT2D eigenvalue weighted by molar-refractivity contribution is -0.131. The van der Waals surface area contributed by atoms with Crippen LogP contribution in [0.25, 0.3) is 0 Å². The van der Waals surface area contributed by atoms with Crippen molar-refractivity contribution in [3.63, 3.8) is 0 Å². The van der Waals surface area contributed by atoms with Crippen LogP contribution in [0, 0.1) is 13.8 Å². The third-order valence-electron chi connectivity index (χ3n) is 3.60. The summed E-state index contributed by atoms with van der Waals surface area (Å²) in [5.74, 6) is -1.34. The number of urea groups is 1. The summed E-state index contributed by atoms with van der Waals surface area (Å²) in [5.41, 5.74) is 0.391. The van der Waals surface area contributed by atoms with Crippen LogP contribution in [0.3, 0.4) is 0 Å². The van der Waals surface area contributed by atoms with Crippen molar-refractivity contribution >= 4 is 35.6 Å². The number of hydrogen-bond donors (Lipinski definition) is 3. The minimum absolute atomic E-state index is 0.359. The first-order valence-corrected chi connectivity index (χ1v) is 6.17. The van der Waals surface area contributed by atoms with Gasteiger partial charge in [0.15, 0.2) is 5.84 Å². The van der Waals surface area contributed by atoms with E-state index in [1.807, 2.05) is 19.2 Å². The summed E-state index contributed by atoms with van der Waals surface area (Å²) in [6, 6.07) is 2.49. The van der Waals surface area contributed by atoms with E-state index in [0.717, 1.165) is 16.0 Å². The van der Waals surface area contributed by atoms with Crippen LogP contribution in [0.5, 0.6) is 0 Å². The Kier molecular flexibility index (Phi) is 2.60. The molecule has 1 aromatic rings. The van der Waals surface area contributed by atoms with Crippen molar-refractivity contribution in [1.82, 2.24) is 5.32 Å². The number of aliphatic hydroxyl groups is 1. The molecule has 0 fully saturated rings. The second-order valence-electron chi connectivity index (χ2n) is 4.96. The molecule has 0 bridgehead atoms. The highest BCUT2D eigenvalue weighted by molar-refractivity contribution is 6.32. The SMILES string of the molecule is Cc1cc2c(cc1C)N(C=O)C1=NC(=O)NC(=O)C1(O)N2. The van der Waals surface area contributed by atoms with Gasteiger partial charge in [-0.1, -0.05) is 0 Å². The minimum Gasteiger partial charge on any atom is -0.357 e. The normalized spacial score (nSPS) is 23.6. The van der Waals surface area contributed by atoms with Gasteiger partial charge in [0.05, 0.1) is 11.4 Å². The molecule has 0 saturated heterocycles. The quantitative estimate of drug-likeness (QED) is 0.631. The fourth-order valence-electron chi connectivity index (χ4n) is 2.35. The van der Waals surface area contributed by atoms with Crippen molar-refractivity contribution in [2.24, 2.45) is 4.99 Å². The third kappa shape index (κ3) is 1.73. The molecule has 4 amide bonds. The Morgan fingerprint density at radius 2 is 1.95 bits per heavy atom. The minimum atomic E-state index is -2.26. The molecule has 1 unspecified atom stereocenters. The number of carbonyl (C=O) groups is 3. The van der Waals surface area contributed by atoms with Crippen molar-refractivity contribution in [2.75, 3.05) is 10.2 Å². The molecule has 0 saturated carbocycles. The lowest BCUT2D eigenvalue weighted by Crippen LogP contribution is -2.68. The number of benzene rings is 1. The Morgan fingerprint density at radius 1 is 1.29 bits per heavy atom. The second kappa shape index (κ2) is 4.13. The van der Waals surface area contributed by atoms with Gasteiger partial charge in [-0.3, -0.25) is 19.8 Å². The highest BCUT2D eigenvalue weighted by Crippen LogP contribution is 2.37. The zero-order valence-corrected chi connectivity index (χ0v) is 11.3. The number of aryl methyl sites for hydroxylation is 2. The smallest absolute Gasteiger partial charge is 0.349 e. The Morgan fingerprint density at radius 3 is 2.62 bits per heavy atom. The summed E-state index contributed by atoms with van der Waals surface area (Å²) in [7, 11) is 0. The van der Waals surface area contributed by atoms with Gasteiger partial charge in [-0.2, -0.15) is 4.99 Å². The number of amides is 4. The van der Waals surface area contributed by atoms with Crippen LogP contribution >= 0.6 is 0 Å². The summed E-state index contributed by atoms with van der Waals surface area (Å²) in [5, 5.41) is 15.0. The van der Waals surface area contributed by atoms with Crippen molar-refractivity contribution < 1.29 is 19.5 Å². The van der Waals surface area contributed by atoms with Gasteiger partial charge in [0, 0.05) is 0 Å². The molecule has 0 spiro atoms. The van der Waals surface area contributed by atoms with E-state index < -0.39 is 17.7 Å². The van der Waals surface area contributed by atoms with E-state index in [1.165, 1.54) is 0 Å². The number of amidine groups is 1. The molecule has 8 heteroatoms. The Bertz CT molecular complexity index is 727. The Hall–Kier alpha value is -2.74. The number of imide groups is 1. The maximum Gasteiger partial charge on any atom is 0.349 e. The van der Waals surface area contributed by atoms with Gasteiger partial charge in [-0.15, -0.1) is 0 Å². The van der Waals surface area contributed by atoms with Crippen molar-refractivity contribution in [3.05, 3.63) is 23.3 Å². The molecule has 21 heavy (non-hydrogen) atoms. The van der Waals surface area contributed by atoms with Crippen LogP contribution in [0.2, 0.25) is 0 Å². The van der Waals surface area contributed by atoms with Crippen molar-refractivity contribution in [2.45, 2.75) is 19.6 Å².